The smallest absolute Gasteiger partial charge is 0.146 e. The van der Waals surface area contributed by atoms with E-state index in [2.05, 4.69) is 31.5 Å². The van der Waals surface area contributed by atoms with Crippen molar-refractivity contribution in [3.05, 3.63) is 47.5 Å². The van der Waals surface area contributed by atoms with Gasteiger partial charge in [-0.05, 0) is 5.56 Å². The van der Waals surface area contributed by atoms with Gasteiger partial charge in [0.1, 0.15) is 11.6 Å². The summed E-state index contributed by atoms with van der Waals surface area (Å²) in [6.45, 7) is 7.58. The molecule has 0 amide bonds. The normalized spacial score (nSPS) is 18.0. The van der Waals surface area contributed by atoms with E-state index in [0.29, 0.717) is 6.54 Å². The van der Waals surface area contributed by atoms with Crippen LogP contribution in [0, 0.1) is 0 Å². The Bertz CT molecular complexity index is 634. The zero-order valence-electron chi connectivity index (χ0n) is 14.6. The largest absolute Gasteiger partial charge is 0.387 e. The number of aromatic nitrogens is 3. The first-order valence-electron chi connectivity index (χ1n) is 8.72. The summed E-state index contributed by atoms with van der Waals surface area (Å²) in [6.07, 6.45) is 0.498. The van der Waals surface area contributed by atoms with Gasteiger partial charge in [-0.1, -0.05) is 37.3 Å². The average molecular weight is 329 g/mol. The van der Waals surface area contributed by atoms with Gasteiger partial charge < -0.3 is 9.67 Å². The lowest BCUT2D eigenvalue weighted by atomic mass is 10.1. The quantitative estimate of drug-likeness (QED) is 0.864. The molecule has 0 aliphatic carbocycles. The second kappa shape index (κ2) is 7.88. The first-order chi connectivity index (χ1) is 11.7. The lowest BCUT2D eigenvalue weighted by Crippen LogP contribution is -2.47. The molecule has 1 aliphatic rings. The fourth-order valence-electron chi connectivity index (χ4n) is 3.20. The number of benzene rings is 1. The number of aliphatic hydroxyl groups excluding tert-OH is 1. The highest BCUT2D eigenvalue weighted by Crippen LogP contribution is 2.15. The molecule has 0 unspecified atom stereocenters. The van der Waals surface area contributed by atoms with E-state index in [9.17, 15) is 5.11 Å². The van der Waals surface area contributed by atoms with E-state index in [1.807, 2.05) is 37.4 Å². The molecule has 1 saturated heterocycles. The van der Waals surface area contributed by atoms with Crippen LogP contribution in [0.2, 0.25) is 0 Å². The van der Waals surface area contributed by atoms with Crippen molar-refractivity contribution in [2.24, 2.45) is 7.05 Å². The molecular weight excluding hydrogens is 302 g/mol. The van der Waals surface area contributed by atoms with Gasteiger partial charge in [-0.15, -0.1) is 10.2 Å². The summed E-state index contributed by atoms with van der Waals surface area (Å²) in [4.78, 5) is 4.75. The molecule has 24 heavy (non-hydrogen) atoms. The minimum atomic E-state index is -0.413. The molecular formula is C18H27N5O. The van der Waals surface area contributed by atoms with Gasteiger partial charge in [0.15, 0.2) is 0 Å². The highest BCUT2D eigenvalue weighted by atomic mass is 16.3. The van der Waals surface area contributed by atoms with E-state index in [0.717, 1.165) is 56.4 Å². The molecule has 0 radical (unpaired) electrons. The van der Waals surface area contributed by atoms with Crippen molar-refractivity contribution in [1.29, 1.82) is 0 Å². The van der Waals surface area contributed by atoms with Crippen molar-refractivity contribution < 1.29 is 5.11 Å². The molecule has 1 aromatic carbocycles. The van der Waals surface area contributed by atoms with Crippen LogP contribution in [0.1, 0.15) is 30.2 Å². The van der Waals surface area contributed by atoms with Gasteiger partial charge in [0, 0.05) is 46.2 Å². The van der Waals surface area contributed by atoms with Gasteiger partial charge >= 0.3 is 0 Å². The van der Waals surface area contributed by atoms with E-state index in [1.165, 1.54) is 0 Å². The minimum absolute atomic E-state index is 0.413. The Morgan fingerprint density at radius 1 is 1.00 bits per heavy atom. The molecule has 3 rings (SSSR count). The van der Waals surface area contributed by atoms with Crippen molar-refractivity contribution in [3.8, 4) is 0 Å². The van der Waals surface area contributed by atoms with Crippen LogP contribution in [-0.4, -0.2) is 62.4 Å². The molecule has 2 aromatic rings. The zero-order chi connectivity index (χ0) is 16.9. The molecule has 1 N–H and O–H groups in total. The van der Waals surface area contributed by atoms with Crippen LogP contribution in [0.4, 0.5) is 0 Å². The summed E-state index contributed by atoms with van der Waals surface area (Å²) in [6, 6.07) is 9.90. The molecule has 1 fully saturated rings. The predicted molar refractivity (Wildman–Crippen MR) is 93.5 cm³/mol. The van der Waals surface area contributed by atoms with Crippen LogP contribution >= 0.6 is 0 Å². The maximum absolute atomic E-state index is 10.4. The van der Waals surface area contributed by atoms with Crippen LogP contribution in [0.25, 0.3) is 0 Å². The summed E-state index contributed by atoms with van der Waals surface area (Å²) in [5.41, 5.74) is 0.992. The number of β-amino-alcohol motifs (C(OH)–C–C–N with tert-alkyl or cyclic N) is 1. The monoisotopic (exact) mass is 329 g/mol. The van der Waals surface area contributed by atoms with E-state index < -0.39 is 6.10 Å². The molecule has 1 aliphatic heterocycles. The predicted octanol–water partition coefficient (Wildman–Crippen LogP) is 1.23. The highest BCUT2D eigenvalue weighted by molar-refractivity contribution is 5.17. The van der Waals surface area contributed by atoms with Gasteiger partial charge in [-0.2, -0.15) is 0 Å². The van der Waals surface area contributed by atoms with E-state index in [1.54, 1.807) is 0 Å². The SMILES string of the molecule is CCc1nnc(CN2CCN(C[C@@H](O)c3ccccc3)CC2)n1C. The van der Waals surface area contributed by atoms with Crippen LogP contribution in [-0.2, 0) is 20.0 Å². The second-order valence-electron chi connectivity index (χ2n) is 6.45. The van der Waals surface area contributed by atoms with Gasteiger partial charge in [0.05, 0.1) is 12.6 Å². The first kappa shape index (κ1) is 17.1. The fraction of sp³-hybridized carbons (Fsp3) is 0.556. The van der Waals surface area contributed by atoms with Crippen LogP contribution in [0.15, 0.2) is 30.3 Å². The number of nitrogens with zero attached hydrogens (tertiary/aromatic N) is 5. The molecule has 1 aromatic heterocycles. The summed E-state index contributed by atoms with van der Waals surface area (Å²) in [5.74, 6) is 2.07. The van der Waals surface area contributed by atoms with Crippen molar-refractivity contribution in [2.45, 2.75) is 26.0 Å². The third-order valence-corrected chi connectivity index (χ3v) is 4.82. The highest BCUT2D eigenvalue weighted by Gasteiger charge is 2.21. The second-order valence-corrected chi connectivity index (χ2v) is 6.45. The Hall–Kier alpha value is -1.76. The number of aryl methyl sites for hydroxylation is 1. The lowest BCUT2D eigenvalue weighted by molar-refractivity contribution is 0.0689. The Kier molecular flexibility index (Phi) is 5.60. The van der Waals surface area contributed by atoms with Crippen molar-refractivity contribution in [2.75, 3.05) is 32.7 Å². The Morgan fingerprint density at radius 3 is 2.25 bits per heavy atom. The average Bonchev–Trinajstić information content (AvgIpc) is 2.97. The standard InChI is InChI=1S/C18H27N5O/c1-3-17-19-20-18(21(17)2)14-23-11-9-22(10-12-23)13-16(24)15-7-5-4-6-8-15/h4-8,16,24H,3,9-14H2,1-2H3/t16-/m1/s1. The van der Waals surface area contributed by atoms with E-state index in [-0.39, 0.29) is 0 Å². The third-order valence-electron chi connectivity index (χ3n) is 4.82. The minimum Gasteiger partial charge on any atom is -0.387 e. The summed E-state index contributed by atoms with van der Waals surface area (Å²) < 4.78 is 2.10. The van der Waals surface area contributed by atoms with Crippen LogP contribution in [0.5, 0.6) is 0 Å². The van der Waals surface area contributed by atoms with Crippen molar-refractivity contribution in [1.82, 2.24) is 24.6 Å². The van der Waals surface area contributed by atoms with Crippen molar-refractivity contribution in [3.63, 3.8) is 0 Å². The number of rotatable bonds is 6. The molecule has 0 spiro atoms. The summed E-state index contributed by atoms with van der Waals surface area (Å²) in [5, 5.41) is 18.9. The van der Waals surface area contributed by atoms with Crippen LogP contribution in [0.3, 0.4) is 0 Å². The maximum atomic E-state index is 10.4. The number of piperazine rings is 1. The third kappa shape index (κ3) is 4.01. The van der Waals surface area contributed by atoms with Gasteiger partial charge in [-0.25, -0.2) is 0 Å². The Balaban J connectivity index is 1.48. The van der Waals surface area contributed by atoms with Gasteiger partial charge in [0.25, 0.3) is 0 Å². The molecule has 130 valence electrons. The molecule has 2 heterocycles. The van der Waals surface area contributed by atoms with Crippen molar-refractivity contribution >= 4 is 0 Å². The summed E-state index contributed by atoms with van der Waals surface area (Å²) in [7, 11) is 2.04. The summed E-state index contributed by atoms with van der Waals surface area (Å²) >= 11 is 0. The zero-order valence-corrected chi connectivity index (χ0v) is 14.6. The van der Waals surface area contributed by atoms with E-state index in [4.69, 9.17) is 0 Å². The van der Waals surface area contributed by atoms with E-state index >= 15 is 0 Å². The number of hydrogen-bond acceptors (Lipinski definition) is 5. The lowest BCUT2D eigenvalue weighted by Gasteiger charge is -2.35. The Labute approximate surface area is 143 Å². The molecule has 6 nitrogen and oxygen atoms in total. The maximum Gasteiger partial charge on any atom is 0.146 e. The fourth-order valence-corrected chi connectivity index (χ4v) is 3.20. The Morgan fingerprint density at radius 2 is 1.62 bits per heavy atom. The molecule has 1 atom stereocenters. The van der Waals surface area contributed by atoms with Crippen LogP contribution < -0.4 is 0 Å². The number of aliphatic hydroxyl groups is 1. The van der Waals surface area contributed by atoms with Gasteiger partial charge in [0.2, 0.25) is 0 Å². The molecule has 6 heteroatoms. The number of hydrogen-bond donors (Lipinski definition) is 1. The molecule has 0 saturated carbocycles. The molecule has 0 bridgehead atoms. The van der Waals surface area contributed by atoms with Gasteiger partial charge in [-0.3, -0.25) is 9.80 Å². The first-order valence-corrected chi connectivity index (χ1v) is 8.72. The topological polar surface area (TPSA) is 57.4 Å².